The molecule has 34 heavy (non-hydrogen) atoms. The smallest absolute Gasteiger partial charge is 0.226 e. The van der Waals surface area contributed by atoms with Crippen LogP contribution < -0.4 is 4.90 Å². The van der Waals surface area contributed by atoms with Crippen LogP contribution in [0, 0.1) is 5.82 Å². The Morgan fingerprint density at radius 2 is 1.82 bits per heavy atom. The lowest BCUT2D eigenvalue weighted by atomic mass is 10.0. The number of aryl methyl sites for hydroxylation is 1. The maximum absolute atomic E-state index is 14.1. The number of H-pyrrole nitrogens is 1. The Kier molecular flexibility index (Phi) is 6.03. The Labute approximate surface area is 202 Å². The summed E-state index contributed by atoms with van der Waals surface area (Å²) in [7, 11) is 1.73. The molecule has 2 heterocycles. The van der Waals surface area contributed by atoms with Gasteiger partial charge >= 0.3 is 0 Å². The zero-order chi connectivity index (χ0) is 23.7. The molecule has 5 aromatic rings. The van der Waals surface area contributed by atoms with Crippen molar-refractivity contribution in [2.45, 2.75) is 19.3 Å². The van der Waals surface area contributed by atoms with E-state index in [-0.39, 0.29) is 11.7 Å². The van der Waals surface area contributed by atoms with Gasteiger partial charge in [-0.25, -0.2) is 9.37 Å². The van der Waals surface area contributed by atoms with Crippen molar-refractivity contribution in [2.24, 2.45) is 0 Å². The fraction of sp³-hybridized carbons (Fsp3) is 0.143. The Hall–Kier alpha value is -3.70. The molecule has 5 rings (SSSR count). The minimum absolute atomic E-state index is 0.0236. The van der Waals surface area contributed by atoms with Crippen LogP contribution in [0.15, 0.2) is 78.9 Å². The van der Waals surface area contributed by atoms with E-state index in [9.17, 15) is 9.18 Å². The molecule has 0 radical (unpaired) electrons. The first-order valence-electron chi connectivity index (χ1n) is 11.2. The Bertz CT molecular complexity index is 1510. The zero-order valence-electron chi connectivity index (χ0n) is 18.7. The molecule has 2 aromatic heterocycles. The summed E-state index contributed by atoms with van der Waals surface area (Å²) in [4.78, 5) is 22.7. The molecule has 1 amide bonds. The lowest BCUT2D eigenvalue weighted by Gasteiger charge is -2.18. The van der Waals surface area contributed by atoms with Crippen LogP contribution in [0.1, 0.15) is 18.4 Å². The molecular formula is C28H23ClFN3O. The van der Waals surface area contributed by atoms with Crippen molar-refractivity contribution in [1.82, 2.24) is 9.97 Å². The van der Waals surface area contributed by atoms with Crippen LogP contribution in [0.2, 0.25) is 5.02 Å². The lowest BCUT2D eigenvalue weighted by molar-refractivity contribution is -0.118. The first-order chi connectivity index (χ1) is 16.5. The van der Waals surface area contributed by atoms with Gasteiger partial charge in [-0.1, -0.05) is 48.0 Å². The molecule has 1 N–H and O–H groups in total. The van der Waals surface area contributed by atoms with Gasteiger partial charge in [0, 0.05) is 29.8 Å². The van der Waals surface area contributed by atoms with E-state index in [1.54, 1.807) is 30.1 Å². The van der Waals surface area contributed by atoms with Crippen molar-refractivity contribution in [3.8, 4) is 11.4 Å². The topological polar surface area (TPSA) is 49.0 Å². The van der Waals surface area contributed by atoms with Gasteiger partial charge in [0.2, 0.25) is 5.91 Å². The summed E-state index contributed by atoms with van der Waals surface area (Å²) in [6.45, 7) is 0. The fourth-order valence-electron chi connectivity index (χ4n) is 4.35. The summed E-state index contributed by atoms with van der Waals surface area (Å²) >= 11 is 6.25. The maximum Gasteiger partial charge on any atom is 0.226 e. The van der Waals surface area contributed by atoms with Crippen LogP contribution in [0.3, 0.4) is 0 Å². The number of fused-ring (bicyclic) bond motifs is 2. The van der Waals surface area contributed by atoms with Gasteiger partial charge in [-0.3, -0.25) is 4.79 Å². The Morgan fingerprint density at radius 1 is 1.03 bits per heavy atom. The summed E-state index contributed by atoms with van der Waals surface area (Å²) in [6.07, 6.45) is 1.56. The molecule has 0 saturated heterocycles. The van der Waals surface area contributed by atoms with Crippen LogP contribution in [0.5, 0.6) is 0 Å². The molecule has 0 spiro atoms. The predicted octanol–water partition coefficient (Wildman–Crippen LogP) is 7.16. The number of nitrogens with zero attached hydrogens (tertiary/aromatic N) is 2. The number of carbonyl (C=O) groups excluding carboxylic acids is 1. The molecular weight excluding hydrogens is 449 g/mol. The van der Waals surface area contributed by atoms with E-state index < -0.39 is 0 Å². The van der Waals surface area contributed by atoms with Crippen LogP contribution in [0.4, 0.5) is 10.1 Å². The van der Waals surface area contributed by atoms with Crippen molar-refractivity contribution in [3.63, 3.8) is 0 Å². The number of aromatic amines is 1. The third kappa shape index (κ3) is 4.27. The monoisotopic (exact) mass is 471 g/mol. The average Bonchev–Trinajstić information content (AvgIpc) is 3.21. The maximum atomic E-state index is 14.1. The first-order valence-corrected chi connectivity index (χ1v) is 11.6. The number of pyridine rings is 1. The summed E-state index contributed by atoms with van der Waals surface area (Å²) in [5.74, 6) is -0.315. The Morgan fingerprint density at radius 3 is 2.68 bits per heavy atom. The normalized spacial score (nSPS) is 11.3. The first kappa shape index (κ1) is 22.1. The van der Waals surface area contributed by atoms with Crippen molar-refractivity contribution >= 4 is 45.0 Å². The molecule has 0 aliphatic heterocycles. The summed E-state index contributed by atoms with van der Waals surface area (Å²) in [5.41, 5.74) is 5.05. The average molecular weight is 472 g/mol. The van der Waals surface area contributed by atoms with Gasteiger partial charge in [0.1, 0.15) is 5.82 Å². The second-order valence-corrected chi connectivity index (χ2v) is 8.72. The number of rotatable bonds is 6. The van der Waals surface area contributed by atoms with Crippen LogP contribution >= 0.6 is 11.6 Å². The molecule has 6 heteroatoms. The van der Waals surface area contributed by atoms with Gasteiger partial charge in [-0.15, -0.1) is 0 Å². The minimum atomic E-state index is -0.291. The molecule has 4 nitrogen and oxygen atoms in total. The van der Waals surface area contributed by atoms with Gasteiger partial charge in [0.05, 0.1) is 27.6 Å². The number of amides is 1. The quantitative estimate of drug-likeness (QED) is 0.285. The molecule has 0 aliphatic rings. The van der Waals surface area contributed by atoms with Gasteiger partial charge < -0.3 is 9.88 Å². The largest absolute Gasteiger partial charge is 0.353 e. The van der Waals surface area contributed by atoms with E-state index in [2.05, 4.69) is 4.98 Å². The molecule has 0 fully saturated rings. The van der Waals surface area contributed by atoms with E-state index in [4.69, 9.17) is 16.6 Å². The van der Waals surface area contributed by atoms with E-state index in [1.165, 1.54) is 6.07 Å². The minimum Gasteiger partial charge on any atom is -0.353 e. The summed E-state index contributed by atoms with van der Waals surface area (Å²) in [6, 6.07) is 24.0. The van der Waals surface area contributed by atoms with Gasteiger partial charge in [-0.2, -0.15) is 0 Å². The SMILES string of the molecule is CN(C(=O)CCCc1c(-c2ccc3ccccc3n2)[nH]c2ccc(F)cc12)c1ccccc1Cl. The molecule has 0 unspecified atom stereocenters. The third-order valence-corrected chi connectivity index (χ3v) is 6.45. The van der Waals surface area contributed by atoms with E-state index in [0.717, 1.165) is 38.8 Å². The second-order valence-electron chi connectivity index (χ2n) is 8.32. The van der Waals surface area contributed by atoms with E-state index in [1.807, 2.05) is 54.6 Å². The van der Waals surface area contributed by atoms with E-state index >= 15 is 0 Å². The van der Waals surface area contributed by atoms with Gasteiger partial charge in [-0.05, 0) is 60.9 Å². The fourth-order valence-corrected chi connectivity index (χ4v) is 4.61. The molecule has 3 aromatic carbocycles. The number of para-hydroxylation sites is 2. The number of anilines is 1. The highest BCUT2D eigenvalue weighted by Gasteiger charge is 2.18. The van der Waals surface area contributed by atoms with Crippen molar-refractivity contribution in [2.75, 3.05) is 11.9 Å². The zero-order valence-corrected chi connectivity index (χ0v) is 19.4. The molecule has 0 aliphatic carbocycles. The molecule has 170 valence electrons. The van der Waals surface area contributed by atoms with E-state index in [0.29, 0.717) is 30.0 Å². The summed E-state index contributed by atoms with van der Waals surface area (Å²) < 4.78 is 14.1. The highest BCUT2D eigenvalue weighted by Crippen LogP contribution is 2.32. The highest BCUT2D eigenvalue weighted by molar-refractivity contribution is 6.33. The lowest BCUT2D eigenvalue weighted by Crippen LogP contribution is -2.26. The standard InChI is InChI=1S/C28H23ClFN3O/c1-33(26-11-5-3-9-22(26)29)27(34)12-6-8-20-21-17-19(30)14-16-24(21)32-28(20)25-15-13-18-7-2-4-10-23(18)31-25/h2-5,7,9-11,13-17,32H,6,8,12H2,1H3. The van der Waals surface area contributed by atoms with Crippen molar-refractivity contribution in [3.05, 3.63) is 95.3 Å². The van der Waals surface area contributed by atoms with Crippen molar-refractivity contribution < 1.29 is 9.18 Å². The van der Waals surface area contributed by atoms with Crippen molar-refractivity contribution in [1.29, 1.82) is 0 Å². The number of hydrogen-bond donors (Lipinski definition) is 1. The summed E-state index contributed by atoms with van der Waals surface area (Å²) in [5, 5.41) is 2.41. The number of aromatic nitrogens is 2. The van der Waals surface area contributed by atoms with Gasteiger partial charge in [0.25, 0.3) is 0 Å². The molecule has 0 saturated carbocycles. The number of halogens is 2. The number of benzene rings is 3. The number of hydrogen-bond acceptors (Lipinski definition) is 2. The Balaban J connectivity index is 1.43. The van der Waals surface area contributed by atoms with Gasteiger partial charge in [0.15, 0.2) is 0 Å². The van der Waals surface area contributed by atoms with Crippen LogP contribution in [-0.4, -0.2) is 22.9 Å². The molecule has 0 bridgehead atoms. The molecule has 0 atom stereocenters. The third-order valence-electron chi connectivity index (χ3n) is 6.13. The number of nitrogens with one attached hydrogen (secondary N) is 1. The predicted molar refractivity (Wildman–Crippen MR) is 137 cm³/mol. The van der Waals surface area contributed by atoms with Crippen LogP contribution in [-0.2, 0) is 11.2 Å². The second kappa shape index (κ2) is 9.27. The highest BCUT2D eigenvalue weighted by atomic mass is 35.5. The van der Waals surface area contributed by atoms with Crippen LogP contribution in [0.25, 0.3) is 33.2 Å². The number of carbonyl (C=O) groups is 1.